The number of rotatable bonds is 4. The molecule has 4 heteroatoms. The maximum atomic E-state index is 12.3. The van der Waals surface area contributed by atoms with Crippen LogP contribution < -0.4 is 0 Å². The average Bonchev–Trinajstić information content (AvgIpc) is 2.63. The van der Waals surface area contributed by atoms with Gasteiger partial charge in [-0.15, -0.1) is 0 Å². The van der Waals surface area contributed by atoms with Crippen LogP contribution in [0.15, 0.2) is 42.1 Å². The van der Waals surface area contributed by atoms with Gasteiger partial charge in [-0.25, -0.2) is 4.79 Å². The molecule has 1 aliphatic heterocycles. The topological polar surface area (TPSA) is 46.6 Å². The first kappa shape index (κ1) is 16.7. The summed E-state index contributed by atoms with van der Waals surface area (Å²) in [6.45, 7) is 0.982. The molecule has 1 aliphatic carbocycles. The van der Waals surface area contributed by atoms with Crippen LogP contribution >= 0.6 is 0 Å². The molecule has 4 nitrogen and oxygen atoms in total. The first-order valence-corrected chi connectivity index (χ1v) is 8.92. The van der Waals surface area contributed by atoms with Crippen molar-refractivity contribution in [2.45, 2.75) is 51.6 Å². The lowest BCUT2D eigenvalue weighted by molar-refractivity contribution is -0.124. The summed E-state index contributed by atoms with van der Waals surface area (Å²) in [6, 6.07) is 9.70. The zero-order valence-corrected chi connectivity index (χ0v) is 14.1. The molecular formula is C20H25NO3. The molecule has 1 aromatic carbocycles. The average molecular weight is 327 g/mol. The standard InChI is InChI=1S/C20H25NO3/c22-19-11-5-4-10-18(19)13-17-9-6-12-21(14-17)20(23)24-15-16-7-2-1-3-8-16/h1-3,7-8,14,18H,4-6,9-13,15H2. The zero-order valence-electron chi connectivity index (χ0n) is 14.1. The Morgan fingerprint density at radius 1 is 1.12 bits per heavy atom. The second-order valence-corrected chi connectivity index (χ2v) is 6.74. The molecule has 0 saturated heterocycles. The summed E-state index contributed by atoms with van der Waals surface area (Å²) in [6.07, 6.45) is 8.24. The highest BCUT2D eigenvalue weighted by Gasteiger charge is 2.25. The van der Waals surface area contributed by atoms with Crippen LogP contribution in [-0.4, -0.2) is 23.3 Å². The molecule has 1 unspecified atom stereocenters. The van der Waals surface area contributed by atoms with Gasteiger partial charge in [-0.05, 0) is 37.7 Å². The Bertz CT molecular complexity index is 609. The molecule has 3 rings (SSSR count). The first-order chi connectivity index (χ1) is 11.7. The van der Waals surface area contributed by atoms with Crippen molar-refractivity contribution in [3.05, 3.63) is 47.7 Å². The van der Waals surface area contributed by atoms with Crippen molar-refractivity contribution in [1.29, 1.82) is 0 Å². The number of hydrogen-bond donors (Lipinski definition) is 0. The van der Waals surface area contributed by atoms with Gasteiger partial charge in [0, 0.05) is 25.1 Å². The Labute approximate surface area is 143 Å². The minimum atomic E-state index is -0.300. The van der Waals surface area contributed by atoms with Gasteiger partial charge in [-0.1, -0.05) is 42.3 Å². The highest BCUT2D eigenvalue weighted by atomic mass is 16.6. The number of carbonyl (C=O) groups excluding carboxylic acids is 2. The van der Waals surface area contributed by atoms with Gasteiger partial charge in [0.25, 0.3) is 0 Å². The minimum absolute atomic E-state index is 0.158. The summed E-state index contributed by atoms with van der Waals surface area (Å²) in [5, 5.41) is 0. The van der Waals surface area contributed by atoms with E-state index in [0.29, 0.717) is 18.9 Å². The molecule has 24 heavy (non-hydrogen) atoms. The van der Waals surface area contributed by atoms with Gasteiger partial charge < -0.3 is 4.74 Å². The summed E-state index contributed by atoms with van der Waals surface area (Å²) in [5.74, 6) is 0.552. The Kier molecular flexibility index (Phi) is 5.68. The van der Waals surface area contributed by atoms with Crippen LogP contribution in [0, 0.1) is 5.92 Å². The Balaban J connectivity index is 1.55. The number of hydrogen-bond acceptors (Lipinski definition) is 3. The molecule has 128 valence electrons. The number of allylic oxidation sites excluding steroid dienone is 1. The van der Waals surface area contributed by atoms with E-state index < -0.39 is 0 Å². The second kappa shape index (κ2) is 8.13. The molecule has 0 aromatic heterocycles. The van der Waals surface area contributed by atoms with Gasteiger partial charge >= 0.3 is 6.09 Å². The summed E-state index contributed by atoms with van der Waals surface area (Å²) < 4.78 is 5.40. The van der Waals surface area contributed by atoms with Gasteiger partial charge in [0.15, 0.2) is 0 Å². The van der Waals surface area contributed by atoms with Crippen LogP contribution in [-0.2, 0) is 16.1 Å². The van der Waals surface area contributed by atoms with E-state index in [-0.39, 0.29) is 12.0 Å². The molecule has 2 aliphatic rings. The third kappa shape index (κ3) is 4.47. The minimum Gasteiger partial charge on any atom is -0.444 e. The second-order valence-electron chi connectivity index (χ2n) is 6.74. The number of Topliss-reactive ketones (excluding diaryl/α,β-unsaturated/α-hetero) is 1. The van der Waals surface area contributed by atoms with E-state index in [1.807, 2.05) is 36.5 Å². The third-order valence-electron chi connectivity index (χ3n) is 4.86. The molecule has 0 N–H and O–H groups in total. The summed E-state index contributed by atoms with van der Waals surface area (Å²) in [7, 11) is 0. The molecule has 1 fully saturated rings. The predicted molar refractivity (Wildman–Crippen MR) is 92.2 cm³/mol. The number of nitrogens with zero attached hydrogens (tertiary/aromatic N) is 1. The maximum Gasteiger partial charge on any atom is 0.414 e. The van der Waals surface area contributed by atoms with Gasteiger partial charge in [-0.3, -0.25) is 9.69 Å². The molecule has 1 heterocycles. The maximum absolute atomic E-state index is 12.3. The van der Waals surface area contributed by atoms with Gasteiger partial charge in [0.05, 0.1) is 0 Å². The van der Waals surface area contributed by atoms with Crippen molar-refractivity contribution in [3.8, 4) is 0 Å². The predicted octanol–water partition coefficient (Wildman–Crippen LogP) is 4.45. The lowest BCUT2D eigenvalue weighted by Gasteiger charge is -2.27. The van der Waals surface area contributed by atoms with Crippen LogP contribution in [0.2, 0.25) is 0 Å². The van der Waals surface area contributed by atoms with E-state index in [9.17, 15) is 9.59 Å². The first-order valence-electron chi connectivity index (χ1n) is 8.92. The summed E-state index contributed by atoms with van der Waals surface area (Å²) >= 11 is 0. The van der Waals surface area contributed by atoms with Crippen LogP contribution in [0.4, 0.5) is 4.79 Å². The molecule has 0 spiro atoms. The molecule has 1 saturated carbocycles. The van der Waals surface area contributed by atoms with E-state index in [1.54, 1.807) is 4.90 Å². The zero-order chi connectivity index (χ0) is 16.8. The highest BCUT2D eigenvalue weighted by Crippen LogP contribution is 2.29. The highest BCUT2D eigenvalue weighted by molar-refractivity contribution is 5.81. The van der Waals surface area contributed by atoms with E-state index >= 15 is 0 Å². The van der Waals surface area contributed by atoms with Crippen molar-refractivity contribution < 1.29 is 14.3 Å². The number of amides is 1. The normalized spacial score (nSPS) is 21.3. The third-order valence-corrected chi connectivity index (χ3v) is 4.86. The quantitative estimate of drug-likeness (QED) is 0.820. The molecule has 0 bridgehead atoms. The van der Waals surface area contributed by atoms with Crippen molar-refractivity contribution in [3.63, 3.8) is 0 Å². The van der Waals surface area contributed by atoms with Crippen LogP contribution in [0.3, 0.4) is 0 Å². The van der Waals surface area contributed by atoms with Crippen molar-refractivity contribution in [1.82, 2.24) is 4.90 Å². The van der Waals surface area contributed by atoms with Gasteiger partial charge in [0.1, 0.15) is 12.4 Å². The number of carbonyl (C=O) groups is 2. The Morgan fingerprint density at radius 3 is 2.75 bits per heavy atom. The summed E-state index contributed by atoms with van der Waals surface area (Å²) in [5.41, 5.74) is 2.19. The van der Waals surface area contributed by atoms with Gasteiger partial charge in [0.2, 0.25) is 0 Å². The lowest BCUT2D eigenvalue weighted by atomic mass is 9.82. The fraction of sp³-hybridized carbons (Fsp3) is 0.500. The number of benzene rings is 1. The van der Waals surface area contributed by atoms with E-state index in [4.69, 9.17) is 4.74 Å². The molecular weight excluding hydrogens is 302 g/mol. The largest absolute Gasteiger partial charge is 0.444 e. The molecule has 1 aromatic rings. The smallest absolute Gasteiger partial charge is 0.414 e. The van der Waals surface area contributed by atoms with E-state index in [2.05, 4.69) is 0 Å². The van der Waals surface area contributed by atoms with Crippen LogP contribution in [0.25, 0.3) is 0 Å². The van der Waals surface area contributed by atoms with Crippen molar-refractivity contribution in [2.24, 2.45) is 5.92 Å². The Hall–Kier alpha value is -2.10. The lowest BCUT2D eigenvalue weighted by Crippen LogP contribution is -2.31. The van der Waals surface area contributed by atoms with Crippen LogP contribution in [0.5, 0.6) is 0 Å². The van der Waals surface area contributed by atoms with Crippen molar-refractivity contribution >= 4 is 11.9 Å². The molecule has 1 amide bonds. The van der Waals surface area contributed by atoms with Crippen LogP contribution in [0.1, 0.15) is 50.5 Å². The monoisotopic (exact) mass is 327 g/mol. The molecule has 0 radical (unpaired) electrons. The fourth-order valence-electron chi connectivity index (χ4n) is 3.51. The van der Waals surface area contributed by atoms with E-state index in [0.717, 1.165) is 50.5 Å². The van der Waals surface area contributed by atoms with Crippen molar-refractivity contribution in [2.75, 3.05) is 6.54 Å². The number of ether oxygens (including phenoxy) is 1. The Morgan fingerprint density at radius 2 is 1.96 bits per heavy atom. The van der Waals surface area contributed by atoms with E-state index in [1.165, 1.54) is 5.57 Å². The molecule has 1 atom stereocenters. The summed E-state index contributed by atoms with van der Waals surface area (Å²) in [4.78, 5) is 25.9. The fourth-order valence-corrected chi connectivity index (χ4v) is 3.51. The van der Waals surface area contributed by atoms with Gasteiger partial charge in [-0.2, -0.15) is 0 Å². The SMILES string of the molecule is O=C1CCCCC1CC1=CN(C(=O)OCc2ccccc2)CCC1. The number of ketones is 1.